The van der Waals surface area contributed by atoms with Gasteiger partial charge < -0.3 is 14.2 Å². The van der Waals surface area contributed by atoms with E-state index in [1.165, 1.54) is 0 Å². The fourth-order valence-corrected chi connectivity index (χ4v) is 1.68. The zero-order chi connectivity index (χ0) is 10.4. The quantitative estimate of drug-likeness (QED) is 0.673. The monoisotopic (exact) mass is 198 g/mol. The van der Waals surface area contributed by atoms with Gasteiger partial charge in [0.2, 0.25) is 0 Å². The highest BCUT2D eigenvalue weighted by atomic mass is 16.5. The molecule has 0 saturated carbocycles. The third-order valence-electron chi connectivity index (χ3n) is 2.41. The van der Waals surface area contributed by atoms with Crippen molar-refractivity contribution in [2.75, 3.05) is 34.5 Å². The van der Waals surface area contributed by atoms with Gasteiger partial charge in [0.1, 0.15) is 5.76 Å². The van der Waals surface area contributed by atoms with Gasteiger partial charge >= 0.3 is 0 Å². The number of ether oxygens (including phenoxy) is 3. The second kappa shape index (κ2) is 5.17. The lowest BCUT2D eigenvalue weighted by Gasteiger charge is -2.30. The van der Waals surface area contributed by atoms with Crippen LogP contribution in [0.1, 0.15) is 6.42 Å². The Morgan fingerprint density at radius 2 is 1.86 bits per heavy atom. The smallest absolute Gasteiger partial charge is 0.114 e. The van der Waals surface area contributed by atoms with Crippen molar-refractivity contribution in [3.63, 3.8) is 0 Å². The number of rotatable bonds is 5. The van der Waals surface area contributed by atoms with E-state index in [0.29, 0.717) is 13.2 Å². The van der Waals surface area contributed by atoms with Gasteiger partial charge in [-0.05, 0) is 18.6 Å². The average molecular weight is 198 g/mol. The minimum absolute atomic E-state index is 0.0223. The van der Waals surface area contributed by atoms with E-state index in [-0.39, 0.29) is 5.41 Å². The molecule has 3 heteroatoms. The zero-order valence-electron chi connectivity index (χ0n) is 9.08. The van der Waals surface area contributed by atoms with Crippen molar-refractivity contribution in [1.29, 1.82) is 0 Å². The number of allylic oxidation sites excluding steroid dienone is 2. The van der Waals surface area contributed by atoms with E-state index in [2.05, 4.69) is 12.2 Å². The molecule has 0 unspecified atom stereocenters. The molecule has 0 heterocycles. The lowest BCUT2D eigenvalue weighted by Crippen LogP contribution is -2.30. The van der Waals surface area contributed by atoms with E-state index >= 15 is 0 Å². The van der Waals surface area contributed by atoms with E-state index in [9.17, 15) is 0 Å². The van der Waals surface area contributed by atoms with Crippen molar-refractivity contribution in [2.24, 2.45) is 5.41 Å². The van der Waals surface area contributed by atoms with E-state index < -0.39 is 0 Å². The van der Waals surface area contributed by atoms with Crippen LogP contribution in [-0.2, 0) is 14.2 Å². The van der Waals surface area contributed by atoms with Crippen LogP contribution in [0.25, 0.3) is 0 Å². The summed E-state index contributed by atoms with van der Waals surface area (Å²) < 4.78 is 15.5. The Kier molecular flexibility index (Phi) is 4.17. The molecule has 0 saturated heterocycles. The van der Waals surface area contributed by atoms with Crippen LogP contribution in [0.4, 0.5) is 0 Å². The van der Waals surface area contributed by atoms with E-state index in [4.69, 9.17) is 14.2 Å². The molecule has 0 spiro atoms. The van der Waals surface area contributed by atoms with Gasteiger partial charge in [0.25, 0.3) is 0 Å². The van der Waals surface area contributed by atoms with E-state index in [0.717, 1.165) is 12.2 Å². The maximum Gasteiger partial charge on any atom is 0.114 e. The van der Waals surface area contributed by atoms with Crippen molar-refractivity contribution in [3.8, 4) is 0 Å². The van der Waals surface area contributed by atoms with E-state index in [1.54, 1.807) is 21.3 Å². The van der Waals surface area contributed by atoms with Crippen LogP contribution in [0.15, 0.2) is 24.0 Å². The third kappa shape index (κ3) is 2.59. The number of methoxy groups -OCH3 is 3. The Balaban J connectivity index is 2.65. The Hall–Kier alpha value is -0.800. The first-order chi connectivity index (χ1) is 6.76. The minimum Gasteiger partial charge on any atom is -0.497 e. The molecule has 0 amide bonds. The van der Waals surface area contributed by atoms with Gasteiger partial charge in [-0.15, -0.1) is 0 Å². The normalized spacial score (nSPS) is 19.2. The summed E-state index contributed by atoms with van der Waals surface area (Å²) >= 11 is 0. The molecule has 0 radical (unpaired) electrons. The Morgan fingerprint density at radius 3 is 2.21 bits per heavy atom. The molecule has 80 valence electrons. The van der Waals surface area contributed by atoms with Crippen molar-refractivity contribution in [1.82, 2.24) is 0 Å². The molecule has 1 rings (SSSR count). The number of hydrogen-bond donors (Lipinski definition) is 0. The van der Waals surface area contributed by atoms with Crippen molar-refractivity contribution in [3.05, 3.63) is 24.0 Å². The molecular weight excluding hydrogens is 180 g/mol. The second-order valence-corrected chi connectivity index (χ2v) is 3.58. The predicted molar refractivity (Wildman–Crippen MR) is 55.0 cm³/mol. The van der Waals surface area contributed by atoms with Gasteiger partial charge in [-0.2, -0.15) is 0 Å². The molecule has 0 N–H and O–H groups in total. The van der Waals surface area contributed by atoms with Crippen LogP contribution >= 0.6 is 0 Å². The fraction of sp³-hybridized carbons (Fsp3) is 0.636. The fourth-order valence-electron chi connectivity index (χ4n) is 1.68. The van der Waals surface area contributed by atoms with Gasteiger partial charge in [-0.3, -0.25) is 0 Å². The van der Waals surface area contributed by atoms with Crippen molar-refractivity contribution >= 4 is 0 Å². The summed E-state index contributed by atoms with van der Waals surface area (Å²) in [4.78, 5) is 0. The average Bonchev–Trinajstić information content (AvgIpc) is 2.20. The molecule has 0 fully saturated rings. The topological polar surface area (TPSA) is 27.7 Å². The van der Waals surface area contributed by atoms with Crippen LogP contribution in [0, 0.1) is 5.41 Å². The van der Waals surface area contributed by atoms with Gasteiger partial charge in [-0.25, -0.2) is 0 Å². The highest BCUT2D eigenvalue weighted by Gasteiger charge is 2.28. The first-order valence-electron chi connectivity index (χ1n) is 4.67. The molecule has 1 aliphatic carbocycles. The van der Waals surface area contributed by atoms with Crippen LogP contribution in [0.3, 0.4) is 0 Å². The standard InChI is InChI=1S/C11H18O3/c1-12-8-11(9-13-2)6-4-10(14-3)5-7-11/h4-6H,7-9H2,1-3H3. The van der Waals surface area contributed by atoms with Crippen molar-refractivity contribution in [2.45, 2.75) is 6.42 Å². The molecule has 0 atom stereocenters. The summed E-state index contributed by atoms with van der Waals surface area (Å²) in [6.45, 7) is 1.34. The lowest BCUT2D eigenvalue weighted by atomic mass is 9.83. The first-order valence-corrected chi connectivity index (χ1v) is 4.67. The zero-order valence-corrected chi connectivity index (χ0v) is 9.08. The maximum atomic E-state index is 5.20. The predicted octanol–water partition coefficient (Wildman–Crippen LogP) is 1.76. The van der Waals surface area contributed by atoms with Gasteiger partial charge in [-0.1, -0.05) is 6.08 Å². The highest BCUT2D eigenvalue weighted by Crippen LogP contribution is 2.30. The van der Waals surface area contributed by atoms with Gasteiger partial charge in [0, 0.05) is 19.6 Å². The van der Waals surface area contributed by atoms with Gasteiger partial charge in [0.15, 0.2) is 0 Å². The molecule has 0 aromatic rings. The summed E-state index contributed by atoms with van der Waals surface area (Å²) in [6, 6.07) is 0. The number of hydrogen-bond acceptors (Lipinski definition) is 3. The molecule has 1 aliphatic rings. The molecule has 0 aromatic heterocycles. The molecule has 0 aromatic carbocycles. The van der Waals surface area contributed by atoms with Crippen LogP contribution in [0.5, 0.6) is 0 Å². The molecular formula is C11H18O3. The third-order valence-corrected chi connectivity index (χ3v) is 2.41. The summed E-state index contributed by atoms with van der Waals surface area (Å²) in [5, 5.41) is 0. The molecule has 14 heavy (non-hydrogen) atoms. The van der Waals surface area contributed by atoms with Crippen LogP contribution < -0.4 is 0 Å². The first kappa shape index (κ1) is 11.3. The van der Waals surface area contributed by atoms with Gasteiger partial charge in [0.05, 0.1) is 20.3 Å². The molecule has 0 bridgehead atoms. The van der Waals surface area contributed by atoms with Crippen LogP contribution in [-0.4, -0.2) is 34.5 Å². The Morgan fingerprint density at radius 1 is 1.21 bits per heavy atom. The van der Waals surface area contributed by atoms with Crippen molar-refractivity contribution < 1.29 is 14.2 Å². The lowest BCUT2D eigenvalue weighted by molar-refractivity contribution is 0.0404. The molecule has 0 aliphatic heterocycles. The SMILES string of the molecule is COCC1(COC)C=CC(OC)=CC1. The summed E-state index contributed by atoms with van der Waals surface area (Å²) in [6.07, 6.45) is 7.05. The Bertz CT molecular complexity index is 225. The Labute approximate surface area is 85.3 Å². The largest absolute Gasteiger partial charge is 0.497 e. The second-order valence-electron chi connectivity index (χ2n) is 3.58. The summed E-state index contributed by atoms with van der Waals surface area (Å²) in [7, 11) is 5.09. The highest BCUT2D eigenvalue weighted by molar-refractivity contribution is 5.22. The summed E-state index contributed by atoms with van der Waals surface area (Å²) in [5.74, 6) is 0.910. The molecule has 3 nitrogen and oxygen atoms in total. The summed E-state index contributed by atoms with van der Waals surface area (Å²) in [5.41, 5.74) is -0.0223. The van der Waals surface area contributed by atoms with E-state index in [1.807, 2.05) is 6.08 Å². The van der Waals surface area contributed by atoms with Crippen LogP contribution in [0.2, 0.25) is 0 Å². The minimum atomic E-state index is -0.0223. The maximum absolute atomic E-state index is 5.20.